The Balaban J connectivity index is 1.46. The van der Waals surface area contributed by atoms with Crippen LogP contribution in [0.4, 0.5) is 5.82 Å². The van der Waals surface area contributed by atoms with Gasteiger partial charge in [-0.3, -0.25) is 4.79 Å². The fourth-order valence-electron chi connectivity index (χ4n) is 2.97. The van der Waals surface area contributed by atoms with Gasteiger partial charge in [-0.1, -0.05) is 30.3 Å². The minimum atomic E-state index is -0.399. The van der Waals surface area contributed by atoms with Gasteiger partial charge in [0.2, 0.25) is 5.91 Å². The van der Waals surface area contributed by atoms with Crippen LogP contribution in [-0.4, -0.2) is 30.6 Å². The number of fused-ring (bicyclic) bond motifs is 1. The normalized spacial score (nSPS) is 10.7. The van der Waals surface area contributed by atoms with Crippen LogP contribution in [0.5, 0.6) is 0 Å². The number of hydrogen-bond donors (Lipinski definition) is 1. The number of pyridine rings is 1. The fraction of sp³-hybridized carbons (Fsp3) is 0.261. The van der Waals surface area contributed by atoms with Crippen molar-refractivity contribution in [3.8, 4) is 0 Å². The standard InChI is InChI=1S/C23H24N2O4/c1-28-23(27)19-10-11-20-18(15-19)12-13-24-22(20)25-21(26)9-5-6-14-29-16-17-7-3-2-4-8-17/h2-4,7-8,10-13,15H,5-6,9,14,16H2,1H3,(H,24,25,26). The predicted octanol–water partition coefficient (Wildman–Crippen LogP) is 4.35. The maximum absolute atomic E-state index is 12.3. The number of unbranched alkanes of at least 4 members (excludes halogenated alkanes) is 1. The van der Waals surface area contributed by atoms with Crippen molar-refractivity contribution in [2.75, 3.05) is 19.0 Å². The number of methoxy groups -OCH3 is 1. The van der Waals surface area contributed by atoms with Gasteiger partial charge in [0.25, 0.3) is 0 Å². The molecule has 1 N–H and O–H groups in total. The Morgan fingerprint density at radius 1 is 1.03 bits per heavy atom. The van der Waals surface area contributed by atoms with Crippen LogP contribution in [0.3, 0.4) is 0 Å². The van der Waals surface area contributed by atoms with Crippen molar-refractivity contribution in [3.63, 3.8) is 0 Å². The zero-order valence-corrected chi connectivity index (χ0v) is 16.4. The summed E-state index contributed by atoms with van der Waals surface area (Å²) in [5.74, 6) is -0.00173. The zero-order valence-electron chi connectivity index (χ0n) is 16.4. The Morgan fingerprint density at radius 3 is 2.66 bits per heavy atom. The minimum Gasteiger partial charge on any atom is -0.465 e. The Kier molecular flexibility index (Phi) is 7.30. The van der Waals surface area contributed by atoms with E-state index < -0.39 is 5.97 Å². The molecule has 0 aliphatic carbocycles. The highest BCUT2D eigenvalue weighted by Crippen LogP contribution is 2.23. The van der Waals surface area contributed by atoms with Gasteiger partial charge < -0.3 is 14.8 Å². The van der Waals surface area contributed by atoms with Crippen LogP contribution in [0.1, 0.15) is 35.2 Å². The van der Waals surface area contributed by atoms with Gasteiger partial charge in [-0.05, 0) is 48.1 Å². The molecule has 2 aromatic carbocycles. The number of aromatic nitrogens is 1. The van der Waals surface area contributed by atoms with Crippen molar-refractivity contribution in [3.05, 3.63) is 71.9 Å². The highest BCUT2D eigenvalue weighted by atomic mass is 16.5. The first-order valence-electron chi connectivity index (χ1n) is 9.56. The van der Waals surface area contributed by atoms with E-state index in [1.807, 2.05) is 30.3 Å². The van der Waals surface area contributed by atoms with E-state index in [1.165, 1.54) is 7.11 Å². The largest absolute Gasteiger partial charge is 0.465 e. The second-order valence-electron chi connectivity index (χ2n) is 6.63. The molecule has 0 saturated carbocycles. The third kappa shape index (κ3) is 5.86. The lowest BCUT2D eigenvalue weighted by Crippen LogP contribution is -2.13. The molecule has 0 spiro atoms. The first-order valence-corrected chi connectivity index (χ1v) is 9.56. The third-order valence-corrected chi connectivity index (χ3v) is 4.50. The summed E-state index contributed by atoms with van der Waals surface area (Å²) >= 11 is 0. The van der Waals surface area contributed by atoms with Gasteiger partial charge >= 0.3 is 5.97 Å². The van der Waals surface area contributed by atoms with Crippen molar-refractivity contribution in [2.24, 2.45) is 0 Å². The maximum atomic E-state index is 12.3. The van der Waals surface area contributed by atoms with Gasteiger partial charge in [-0.2, -0.15) is 0 Å². The van der Waals surface area contributed by atoms with Crippen molar-refractivity contribution >= 4 is 28.5 Å². The molecule has 0 radical (unpaired) electrons. The number of benzene rings is 2. The van der Waals surface area contributed by atoms with Crippen molar-refractivity contribution in [1.29, 1.82) is 0 Å². The van der Waals surface area contributed by atoms with Gasteiger partial charge in [0, 0.05) is 24.6 Å². The monoisotopic (exact) mass is 392 g/mol. The second-order valence-corrected chi connectivity index (χ2v) is 6.63. The topological polar surface area (TPSA) is 77.5 Å². The predicted molar refractivity (Wildman–Crippen MR) is 112 cm³/mol. The van der Waals surface area contributed by atoms with E-state index >= 15 is 0 Å². The molecule has 0 aliphatic rings. The molecule has 0 fully saturated rings. The van der Waals surface area contributed by atoms with Crippen molar-refractivity contribution < 1.29 is 19.1 Å². The number of carbonyl (C=O) groups is 2. The van der Waals surface area contributed by atoms with Crippen LogP contribution in [-0.2, 0) is 20.9 Å². The molecular formula is C23H24N2O4. The lowest BCUT2D eigenvalue weighted by molar-refractivity contribution is -0.116. The molecule has 1 amide bonds. The number of carbonyl (C=O) groups excluding carboxylic acids is 2. The highest BCUT2D eigenvalue weighted by Gasteiger charge is 2.10. The van der Waals surface area contributed by atoms with Crippen molar-refractivity contribution in [2.45, 2.75) is 25.9 Å². The van der Waals surface area contributed by atoms with E-state index in [9.17, 15) is 9.59 Å². The molecule has 0 unspecified atom stereocenters. The van der Waals surface area contributed by atoms with Gasteiger partial charge in [-0.15, -0.1) is 0 Å². The first kappa shape index (κ1) is 20.5. The van der Waals surface area contributed by atoms with E-state index in [0.29, 0.717) is 31.0 Å². The first-order chi connectivity index (χ1) is 14.2. The smallest absolute Gasteiger partial charge is 0.337 e. The molecule has 6 nitrogen and oxygen atoms in total. The molecule has 1 heterocycles. The van der Waals surface area contributed by atoms with Gasteiger partial charge in [0.05, 0.1) is 19.3 Å². The van der Waals surface area contributed by atoms with Gasteiger partial charge in [0.15, 0.2) is 0 Å². The zero-order chi connectivity index (χ0) is 20.5. The number of amides is 1. The quantitative estimate of drug-likeness (QED) is 0.433. The summed E-state index contributed by atoms with van der Waals surface area (Å²) in [6, 6.07) is 16.9. The Hall–Kier alpha value is -3.25. The number of hydrogen-bond acceptors (Lipinski definition) is 5. The number of nitrogens with zero attached hydrogens (tertiary/aromatic N) is 1. The average Bonchev–Trinajstić information content (AvgIpc) is 2.76. The van der Waals surface area contributed by atoms with E-state index in [4.69, 9.17) is 9.47 Å². The molecule has 3 rings (SSSR count). The van der Waals surface area contributed by atoms with E-state index in [0.717, 1.165) is 29.2 Å². The third-order valence-electron chi connectivity index (χ3n) is 4.50. The molecule has 0 atom stereocenters. The number of esters is 1. The molecule has 0 saturated heterocycles. The number of nitrogens with one attached hydrogen (secondary N) is 1. The Bertz CT molecular complexity index is 973. The second kappa shape index (κ2) is 10.3. The van der Waals surface area contributed by atoms with Crippen LogP contribution in [0.25, 0.3) is 10.8 Å². The lowest BCUT2D eigenvalue weighted by atomic mass is 10.1. The molecule has 0 bridgehead atoms. The Morgan fingerprint density at radius 2 is 1.86 bits per heavy atom. The van der Waals surface area contributed by atoms with E-state index in [2.05, 4.69) is 10.3 Å². The molecule has 0 aliphatic heterocycles. The van der Waals surface area contributed by atoms with Gasteiger partial charge in [0.1, 0.15) is 5.82 Å². The highest BCUT2D eigenvalue weighted by molar-refractivity contribution is 6.02. The van der Waals surface area contributed by atoms with Crippen LogP contribution >= 0.6 is 0 Å². The summed E-state index contributed by atoms with van der Waals surface area (Å²) in [6.07, 6.45) is 3.55. The number of rotatable bonds is 9. The minimum absolute atomic E-state index is 0.0925. The molecule has 3 aromatic rings. The number of ether oxygens (including phenoxy) is 2. The molecular weight excluding hydrogens is 368 g/mol. The maximum Gasteiger partial charge on any atom is 0.337 e. The van der Waals surface area contributed by atoms with E-state index in [-0.39, 0.29) is 5.91 Å². The van der Waals surface area contributed by atoms with Crippen LogP contribution < -0.4 is 5.32 Å². The Labute approximate surface area is 169 Å². The molecule has 1 aromatic heterocycles. The summed E-state index contributed by atoms with van der Waals surface area (Å²) in [5.41, 5.74) is 1.60. The van der Waals surface area contributed by atoms with Crippen LogP contribution in [0, 0.1) is 0 Å². The van der Waals surface area contributed by atoms with Crippen LogP contribution in [0.2, 0.25) is 0 Å². The summed E-state index contributed by atoms with van der Waals surface area (Å²) in [7, 11) is 1.34. The summed E-state index contributed by atoms with van der Waals surface area (Å²) in [6.45, 7) is 1.20. The van der Waals surface area contributed by atoms with Crippen LogP contribution in [0.15, 0.2) is 60.8 Å². The summed E-state index contributed by atoms with van der Waals surface area (Å²) in [4.78, 5) is 28.2. The average molecular weight is 392 g/mol. The van der Waals surface area contributed by atoms with Gasteiger partial charge in [-0.25, -0.2) is 9.78 Å². The molecule has 29 heavy (non-hydrogen) atoms. The number of anilines is 1. The summed E-state index contributed by atoms with van der Waals surface area (Å²) < 4.78 is 10.4. The molecule has 6 heteroatoms. The fourth-order valence-corrected chi connectivity index (χ4v) is 2.97. The van der Waals surface area contributed by atoms with Crippen molar-refractivity contribution in [1.82, 2.24) is 4.98 Å². The lowest BCUT2D eigenvalue weighted by Gasteiger charge is -2.09. The van der Waals surface area contributed by atoms with E-state index in [1.54, 1.807) is 30.5 Å². The summed E-state index contributed by atoms with van der Waals surface area (Å²) in [5, 5.41) is 4.45. The SMILES string of the molecule is COC(=O)c1ccc2c(NC(=O)CCCCOCc3ccccc3)nccc2c1. The molecule has 150 valence electrons.